The molecule has 17 heavy (non-hydrogen) atoms. The number of phenols is 1. The van der Waals surface area contributed by atoms with Gasteiger partial charge in [-0.1, -0.05) is 41.6 Å². The monoisotopic (exact) mass is 227 g/mol. The van der Waals surface area contributed by atoms with Crippen molar-refractivity contribution in [3.63, 3.8) is 0 Å². The van der Waals surface area contributed by atoms with Gasteiger partial charge in [-0.3, -0.25) is 0 Å². The number of rotatable bonds is 3. The highest BCUT2D eigenvalue weighted by molar-refractivity contribution is 5.83. The van der Waals surface area contributed by atoms with Crippen LogP contribution in [-0.2, 0) is 6.42 Å². The maximum absolute atomic E-state index is 9.53. The molecule has 2 rings (SSSR count). The van der Waals surface area contributed by atoms with Crippen molar-refractivity contribution < 1.29 is 10.3 Å². The van der Waals surface area contributed by atoms with E-state index in [1.807, 2.05) is 42.5 Å². The minimum absolute atomic E-state index is 0.111. The van der Waals surface area contributed by atoms with E-state index in [0.717, 1.165) is 12.0 Å². The van der Waals surface area contributed by atoms with Crippen LogP contribution in [0.5, 0.6) is 5.75 Å². The van der Waals surface area contributed by atoms with E-state index in [1.54, 1.807) is 6.07 Å². The van der Waals surface area contributed by atoms with Gasteiger partial charge in [-0.25, -0.2) is 0 Å². The molecule has 2 N–H and O–H groups in total. The molecule has 0 saturated heterocycles. The quantitative estimate of drug-likeness (QED) is 0.481. The van der Waals surface area contributed by atoms with Gasteiger partial charge in [0.1, 0.15) is 5.75 Å². The lowest BCUT2D eigenvalue weighted by Crippen LogP contribution is -1.90. The fraction of sp³-hybridized carbons (Fsp3) is 0.0714. The van der Waals surface area contributed by atoms with Gasteiger partial charge in [0.05, 0.1) is 6.21 Å². The first-order valence-corrected chi connectivity index (χ1v) is 5.33. The van der Waals surface area contributed by atoms with E-state index in [0.29, 0.717) is 5.56 Å². The number of oxime groups is 1. The third-order valence-electron chi connectivity index (χ3n) is 2.54. The normalized spacial score (nSPS) is 10.8. The molecule has 0 radical (unpaired) electrons. The predicted octanol–water partition coefficient (Wildman–Crippen LogP) is 2.79. The molecule has 0 heterocycles. The molecule has 0 fully saturated rings. The Labute approximate surface area is 99.7 Å². The van der Waals surface area contributed by atoms with Crippen LogP contribution in [0, 0.1) is 0 Å². The lowest BCUT2D eigenvalue weighted by Gasteiger charge is -2.04. The highest BCUT2D eigenvalue weighted by Crippen LogP contribution is 2.18. The summed E-state index contributed by atoms with van der Waals surface area (Å²) >= 11 is 0. The highest BCUT2D eigenvalue weighted by atomic mass is 16.4. The average molecular weight is 227 g/mol. The Kier molecular flexibility index (Phi) is 3.40. The molecule has 0 atom stereocenters. The summed E-state index contributed by atoms with van der Waals surface area (Å²) in [5.74, 6) is 0.111. The van der Waals surface area contributed by atoms with Gasteiger partial charge in [0, 0.05) is 5.56 Å². The van der Waals surface area contributed by atoms with E-state index >= 15 is 0 Å². The van der Waals surface area contributed by atoms with Gasteiger partial charge in [-0.2, -0.15) is 0 Å². The van der Waals surface area contributed by atoms with Gasteiger partial charge >= 0.3 is 0 Å². The molecule has 0 amide bonds. The van der Waals surface area contributed by atoms with Crippen molar-refractivity contribution >= 4 is 6.21 Å². The van der Waals surface area contributed by atoms with E-state index in [2.05, 4.69) is 5.16 Å². The standard InChI is InChI=1S/C14H13NO2/c16-14-7-6-12(9-13(14)10-15-17)8-11-4-2-1-3-5-11/h1-7,9-10,16-17H,8H2/b15-10+. The Morgan fingerprint density at radius 3 is 2.47 bits per heavy atom. The zero-order valence-electron chi connectivity index (χ0n) is 9.24. The number of hydrogen-bond donors (Lipinski definition) is 2. The van der Waals surface area contributed by atoms with Crippen LogP contribution >= 0.6 is 0 Å². The molecule has 0 unspecified atom stereocenters. The van der Waals surface area contributed by atoms with Gasteiger partial charge in [0.15, 0.2) is 0 Å². The summed E-state index contributed by atoms with van der Waals surface area (Å²) in [5.41, 5.74) is 2.77. The molecule has 0 aliphatic carbocycles. The molecule has 0 bridgehead atoms. The second-order valence-electron chi connectivity index (χ2n) is 3.80. The van der Waals surface area contributed by atoms with E-state index in [-0.39, 0.29) is 5.75 Å². The largest absolute Gasteiger partial charge is 0.507 e. The Morgan fingerprint density at radius 2 is 1.76 bits per heavy atom. The summed E-state index contributed by atoms with van der Waals surface area (Å²) in [6.45, 7) is 0. The minimum atomic E-state index is 0.111. The van der Waals surface area contributed by atoms with Crippen LogP contribution in [0.25, 0.3) is 0 Å². The van der Waals surface area contributed by atoms with Crippen LogP contribution in [-0.4, -0.2) is 16.5 Å². The Balaban J connectivity index is 2.25. The van der Waals surface area contributed by atoms with E-state index < -0.39 is 0 Å². The first-order valence-electron chi connectivity index (χ1n) is 5.33. The number of benzene rings is 2. The lowest BCUT2D eigenvalue weighted by molar-refractivity contribution is 0.321. The zero-order chi connectivity index (χ0) is 12.1. The number of phenolic OH excluding ortho intramolecular Hbond substituents is 1. The molecule has 86 valence electrons. The first kappa shape index (κ1) is 11.2. The minimum Gasteiger partial charge on any atom is -0.507 e. The molecule has 0 spiro atoms. The number of nitrogens with zero attached hydrogens (tertiary/aromatic N) is 1. The molecule has 3 nitrogen and oxygen atoms in total. The molecule has 2 aromatic carbocycles. The summed E-state index contributed by atoms with van der Waals surface area (Å²) in [6.07, 6.45) is 2.01. The zero-order valence-corrected chi connectivity index (χ0v) is 9.24. The summed E-state index contributed by atoms with van der Waals surface area (Å²) in [4.78, 5) is 0. The third kappa shape index (κ3) is 2.84. The Hall–Kier alpha value is -2.29. The van der Waals surface area contributed by atoms with Gasteiger partial charge in [-0.05, 0) is 29.7 Å². The van der Waals surface area contributed by atoms with Crippen molar-refractivity contribution in [2.45, 2.75) is 6.42 Å². The van der Waals surface area contributed by atoms with Crippen LogP contribution < -0.4 is 0 Å². The van der Waals surface area contributed by atoms with E-state index in [1.165, 1.54) is 11.8 Å². The molecule has 0 aliphatic rings. The molecule has 2 aromatic rings. The van der Waals surface area contributed by atoms with Crippen LogP contribution in [0.1, 0.15) is 16.7 Å². The van der Waals surface area contributed by atoms with Crippen molar-refractivity contribution in [1.29, 1.82) is 0 Å². The SMILES string of the molecule is O/N=C/c1cc(Cc2ccccc2)ccc1O. The third-order valence-corrected chi connectivity index (χ3v) is 2.54. The number of hydrogen-bond acceptors (Lipinski definition) is 3. The van der Waals surface area contributed by atoms with Crippen molar-refractivity contribution in [2.75, 3.05) is 0 Å². The summed E-state index contributed by atoms with van der Waals surface area (Å²) in [5, 5.41) is 20.9. The van der Waals surface area contributed by atoms with E-state index in [4.69, 9.17) is 5.21 Å². The fourth-order valence-corrected chi connectivity index (χ4v) is 1.71. The summed E-state index contributed by atoms with van der Waals surface area (Å²) in [6, 6.07) is 15.3. The van der Waals surface area contributed by atoms with Crippen molar-refractivity contribution in [3.05, 3.63) is 65.2 Å². The average Bonchev–Trinajstić information content (AvgIpc) is 2.35. The van der Waals surface area contributed by atoms with Crippen molar-refractivity contribution in [1.82, 2.24) is 0 Å². The van der Waals surface area contributed by atoms with Crippen molar-refractivity contribution in [3.8, 4) is 5.75 Å². The Morgan fingerprint density at radius 1 is 1.00 bits per heavy atom. The van der Waals surface area contributed by atoms with Gasteiger partial charge < -0.3 is 10.3 Å². The maximum atomic E-state index is 9.53. The molecule has 3 heteroatoms. The molecule has 0 aliphatic heterocycles. The lowest BCUT2D eigenvalue weighted by atomic mass is 10.0. The van der Waals surface area contributed by atoms with Crippen molar-refractivity contribution in [2.24, 2.45) is 5.16 Å². The second kappa shape index (κ2) is 5.16. The van der Waals surface area contributed by atoms with E-state index in [9.17, 15) is 5.11 Å². The highest BCUT2D eigenvalue weighted by Gasteiger charge is 2.01. The maximum Gasteiger partial charge on any atom is 0.124 e. The van der Waals surface area contributed by atoms with Crippen LogP contribution in [0.15, 0.2) is 53.7 Å². The molecular formula is C14H13NO2. The summed E-state index contributed by atoms with van der Waals surface area (Å²) in [7, 11) is 0. The predicted molar refractivity (Wildman–Crippen MR) is 66.7 cm³/mol. The molecular weight excluding hydrogens is 214 g/mol. The van der Waals surface area contributed by atoms with Gasteiger partial charge in [0.2, 0.25) is 0 Å². The summed E-state index contributed by atoms with van der Waals surface area (Å²) < 4.78 is 0. The smallest absolute Gasteiger partial charge is 0.124 e. The van der Waals surface area contributed by atoms with Gasteiger partial charge in [-0.15, -0.1) is 0 Å². The number of aromatic hydroxyl groups is 1. The van der Waals surface area contributed by atoms with Crippen LogP contribution in [0.2, 0.25) is 0 Å². The van der Waals surface area contributed by atoms with Gasteiger partial charge in [0.25, 0.3) is 0 Å². The fourth-order valence-electron chi connectivity index (χ4n) is 1.71. The molecule has 0 saturated carbocycles. The van der Waals surface area contributed by atoms with Crippen LogP contribution in [0.4, 0.5) is 0 Å². The van der Waals surface area contributed by atoms with Crippen LogP contribution in [0.3, 0.4) is 0 Å². The Bertz CT molecular complexity index is 521. The second-order valence-corrected chi connectivity index (χ2v) is 3.80. The molecule has 0 aromatic heterocycles. The first-order chi connectivity index (χ1) is 8.29. The topological polar surface area (TPSA) is 52.8 Å².